The molecule has 0 saturated heterocycles. The fraction of sp³-hybridized carbons (Fsp3) is 0.286. The highest BCUT2D eigenvalue weighted by atomic mass is 16.6. The number of nitrogens with zero attached hydrogens (tertiary/aromatic N) is 4. The largest absolute Gasteiger partial charge is 0.394 e. The van der Waals surface area contributed by atoms with Crippen LogP contribution in [0.25, 0.3) is 0 Å². The Morgan fingerprint density at radius 1 is 1.27 bits per heavy atom. The predicted octanol–water partition coefficient (Wildman–Crippen LogP) is 0.0608. The molecule has 1 heterocycles. The molecule has 0 aliphatic heterocycles. The van der Waals surface area contributed by atoms with E-state index in [2.05, 4.69) is 10.4 Å². The average molecular weight is 365 g/mol. The van der Waals surface area contributed by atoms with Crippen molar-refractivity contribution < 1.29 is 24.9 Å². The van der Waals surface area contributed by atoms with Crippen LogP contribution in [0.15, 0.2) is 30.5 Å². The lowest BCUT2D eigenvalue weighted by Gasteiger charge is -2.22. The molecule has 0 saturated carbocycles. The lowest BCUT2D eigenvalue weighted by Crippen LogP contribution is -2.42. The number of nitro benzene ring substituents is 1. The summed E-state index contributed by atoms with van der Waals surface area (Å²) in [6, 6.07) is 3.70. The summed E-state index contributed by atoms with van der Waals surface area (Å²) in [4.78, 5) is 32.5. The molecular formula is C14H15N5O7. The van der Waals surface area contributed by atoms with E-state index in [-0.39, 0.29) is 16.9 Å². The normalized spacial score (nSPS) is 13.0. The predicted molar refractivity (Wildman–Crippen MR) is 86.3 cm³/mol. The van der Waals surface area contributed by atoms with Crippen molar-refractivity contribution in [2.24, 2.45) is 7.05 Å². The van der Waals surface area contributed by atoms with Gasteiger partial charge in [-0.2, -0.15) is 5.10 Å². The van der Waals surface area contributed by atoms with Gasteiger partial charge in [-0.05, 0) is 17.7 Å². The number of hydrogen-bond acceptors (Lipinski definition) is 8. The van der Waals surface area contributed by atoms with Crippen LogP contribution in [-0.4, -0.2) is 48.4 Å². The fourth-order valence-electron chi connectivity index (χ4n) is 2.31. The minimum Gasteiger partial charge on any atom is -0.394 e. The van der Waals surface area contributed by atoms with Crippen molar-refractivity contribution in [3.05, 3.63) is 61.9 Å². The third kappa shape index (κ3) is 3.81. The highest BCUT2D eigenvalue weighted by Crippen LogP contribution is 2.22. The second-order valence-corrected chi connectivity index (χ2v) is 5.32. The van der Waals surface area contributed by atoms with Crippen LogP contribution in [-0.2, 0) is 7.05 Å². The molecule has 138 valence electrons. The monoisotopic (exact) mass is 365 g/mol. The Morgan fingerprint density at radius 3 is 2.38 bits per heavy atom. The van der Waals surface area contributed by atoms with Gasteiger partial charge in [0.2, 0.25) is 5.69 Å². The molecule has 0 spiro atoms. The number of carbonyl (C=O) groups excluding carboxylic acids is 1. The third-order valence-electron chi connectivity index (χ3n) is 3.67. The van der Waals surface area contributed by atoms with Crippen molar-refractivity contribution in [3.8, 4) is 0 Å². The van der Waals surface area contributed by atoms with E-state index in [1.54, 1.807) is 0 Å². The summed E-state index contributed by atoms with van der Waals surface area (Å²) in [5.74, 6) is -0.906. The van der Waals surface area contributed by atoms with Gasteiger partial charge in [0.05, 0.1) is 22.5 Å². The number of benzene rings is 1. The zero-order chi connectivity index (χ0) is 19.4. The van der Waals surface area contributed by atoms with E-state index in [9.17, 15) is 35.2 Å². The van der Waals surface area contributed by atoms with E-state index in [0.29, 0.717) is 0 Å². The molecule has 0 bridgehead atoms. The quantitative estimate of drug-likeness (QED) is 0.456. The number of hydrogen-bond donors (Lipinski definition) is 3. The smallest absolute Gasteiger partial charge is 0.320 e. The van der Waals surface area contributed by atoms with Crippen LogP contribution in [0.2, 0.25) is 0 Å². The average Bonchev–Trinajstić information content (AvgIpc) is 3.01. The first-order valence-corrected chi connectivity index (χ1v) is 7.26. The van der Waals surface area contributed by atoms with E-state index in [4.69, 9.17) is 0 Å². The molecular weight excluding hydrogens is 350 g/mol. The number of aliphatic hydroxyl groups is 2. The van der Waals surface area contributed by atoms with E-state index in [1.165, 1.54) is 31.3 Å². The van der Waals surface area contributed by atoms with Crippen molar-refractivity contribution in [1.29, 1.82) is 0 Å². The van der Waals surface area contributed by atoms with Crippen LogP contribution < -0.4 is 5.32 Å². The van der Waals surface area contributed by atoms with Crippen LogP contribution in [0, 0.1) is 20.2 Å². The number of aromatic nitrogens is 2. The van der Waals surface area contributed by atoms with Gasteiger partial charge in [0, 0.05) is 19.2 Å². The Bertz CT molecular complexity index is 833. The van der Waals surface area contributed by atoms with Crippen LogP contribution in [0.5, 0.6) is 0 Å². The maximum atomic E-state index is 12.3. The summed E-state index contributed by atoms with van der Waals surface area (Å²) in [6.45, 7) is -0.671. The Hall–Kier alpha value is -3.38. The molecule has 12 nitrogen and oxygen atoms in total. The van der Waals surface area contributed by atoms with E-state index >= 15 is 0 Å². The molecule has 2 aromatic rings. The lowest BCUT2D eigenvalue weighted by atomic mass is 10.0. The van der Waals surface area contributed by atoms with Crippen LogP contribution in [0.1, 0.15) is 22.2 Å². The van der Waals surface area contributed by atoms with Crippen molar-refractivity contribution in [2.75, 3.05) is 6.61 Å². The summed E-state index contributed by atoms with van der Waals surface area (Å²) in [6.07, 6.45) is -0.479. The molecule has 2 rings (SSSR count). The second kappa shape index (κ2) is 7.67. The van der Waals surface area contributed by atoms with Gasteiger partial charge in [-0.25, -0.2) is 0 Å². The second-order valence-electron chi connectivity index (χ2n) is 5.32. The molecule has 12 heteroatoms. The zero-order valence-electron chi connectivity index (χ0n) is 13.5. The van der Waals surface area contributed by atoms with Gasteiger partial charge in [-0.1, -0.05) is 0 Å². The number of nitrogens with one attached hydrogen (secondary N) is 1. The van der Waals surface area contributed by atoms with Gasteiger partial charge in [-0.15, -0.1) is 0 Å². The number of rotatable bonds is 7. The van der Waals surface area contributed by atoms with Gasteiger partial charge >= 0.3 is 5.69 Å². The van der Waals surface area contributed by atoms with Crippen LogP contribution in [0.3, 0.4) is 0 Å². The summed E-state index contributed by atoms with van der Waals surface area (Å²) in [5.41, 5.74) is -0.832. The van der Waals surface area contributed by atoms with E-state index < -0.39 is 40.2 Å². The molecule has 2 atom stereocenters. The van der Waals surface area contributed by atoms with Crippen molar-refractivity contribution in [3.63, 3.8) is 0 Å². The third-order valence-corrected chi connectivity index (χ3v) is 3.67. The molecule has 1 aromatic carbocycles. The molecule has 0 radical (unpaired) electrons. The van der Waals surface area contributed by atoms with Gasteiger partial charge in [-0.3, -0.25) is 29.7 Å². The maximum absolute atomic E-state index is 12.3. The lowest BCUT2D eigenvalue weighted by molar-refractivity contribution is -0.385. The molecule has 0 aliphatic carbocycles. The number of aliphatic hydroxyl groups excluding tert-OH is 2. The summed E-state index contributed by atoms with van der Waals surface area (Å²) < 4.78 is 1.00. The van der Waals surface area contributed by atoms with Crippen molar-refractivity contribution in [1.82, 2.24) is 15.1 Å². The van der Waals surface area contributed by atoms with Crippen LogP contribution >= 0.6 is 0 Å². The number of non-ortho nitro benzene ring substituents is 1. The molecule has 3 N–H and O–H groups in total. The number of carbonyl (C=O) groups is 1. The first-order valence-electron chi connectivity index (χ1n) is 7.26. The zero-order valence-corrected chi connectivity index (χ0v) is 13.5. The Morgan fingerprint density at radius 2 is 1.88 bits per heavy atom. The number of nitro groups is 2. The Kier molecular flexibility index (Phi) is 5.59. The van der Waals surface area contributed by atoms with E-state index in [0.717, 1.165) is 10.9 Å². The van der Waals surface area contributed by atoms with Crippen LogP contribution in [0.4, 0.5) is 11.4 Å². The number of aryl methyl sites for hydroxylation is 1. The van der Waals surface area contributed by atoms with Gasteiger partial charge in [0.1, 0.15) is 12.3 Å². The first-order chi connectivity index (χ1) is 12.3. The molecule has 1 aromatic heterocycles. The SMILES string of the molecule is Cn1ncc([N+](=O)[O-])c1C(=O)N[C@H](CO)[C@@H](O)c1ccc([N+](=O)[O-])cc1. The summed E-state index contributed by atoms with van der Waals surface area (Å²) in [7, 11) is 1.34. The molecule has 0 unspecified atom stereocenters. The summed E-state index contributed by atoms with van der Waals surface area (Å²) in [5, 5.41) is 47.3. The van der Waals surface area contributed by atoms with Gasteiger partial charge < -0.3 is 15.5 Å². The minimum absolute atomic E-state index is 0.184. The highest BCUT2D eigenvalue weighted by molar-refractivity contribution is 5.96. The topological polar surface area (TPSA) is 174 Å². The summed E-state index contributed by atoms with van der Waals surface area (Å²) >= 11 is 0. The van der Waals surface area contributed by atoms with Crippen molar-refractivity contribution in [2.45, 2.75) is 12.1 Å². The van der Waals surface area contributed by atoms with Gasteiger partial charge in [0.15, 0.2) is 0 Å². The Balaban J connectivity index is 2.20. The fourth-order valence-corrected chi connectivity index (χ4v) is 2.31. The minimum atomic E-state index is -1.39. The Labute approximate surface area is 146 Å². The molecule has 0 fully saturated rings. The molecule has 26 heavy (non-hydrogen) atoms. The molecule has 1 amide bonds. The standard InChI is InChI=1S/C14H15N5O7/c1-17-12(11(6-15-17)19(25)26)14(22)16-10(7-20)13(21)8-2-4-9(5-3-8)18(23)24/h2-6,10,13,20-21H,7H2,1H3,(H,16,22)/t10-,13+/m1/s1. The maximum Gasteiger partial charge on any atom is 0.320 e. The first kappa shape index (κ1) is 19.0. The number of amides is 1. The molecule has 0 aliphatic rings. The highest BCUT2D eigenvalue weighted by Gasteiger charge is 2.29. The van der Waals surface area contributed by atoms with Crippen molar-refractivity contribution >= 4 is 17.3 Å². The van der Waals surface area contributed by atoms with E-state index in [1.807, 2.05) is 0 Å². The van der Waals surface area contributed by atoms with Gasteiger partial charge in [0.25, 0.3) is 11.6 Å².